The Bertz CT molecular complexity index is 400. The molecule has 0 bridgehead atoms. The van der Waals surface area contributed by atoms with Crippen LogP contribution in [0.2, 0.25) is 0 Å². The summed E-state index contributed by atoms with van der Waals surface area (Å²) in [5.41, 5.74) is 2.29. The second-order valence-corrected chi connectivity index (χ2v) is 5.99. The van der Waals surface area contributed by atoms with Crippen LogP contribution in [0.15, 0.2) is 24.3 Å². The first kappa shape index (κ1) is 13.1. The third-order valence-corrected chi connectivity index (χ3v) is 4.35. The smallest absolute Gasteiger partial charge is 0.0681 e. The number of nitrogens with zero attached hydrogens (tertiary/aromatic N) is 1. The summed E-state index contributed by atoms with van der Waals surface area (Å²) in [6.45, 7) is 4.80. The minimum atomic E-state index is 0.132. The normalized spacial score (nSPS) is 23.9. The predicted octanol–water partition coefficient (Wildman–Crippen LogP) is 1.75. The van der Waals surface area contributed by atoms with Crippen molar-refractivity contribution in [2.45, 2.75) is 38.5 Å². The van der Waals surface area contributed by atoms with Crippen LogP contribution in [-0.2, 0) is 13.2 Å². The summed E-state index contributed by atoms with van der Waals surface area (Å²) in [7, 11) is 0. The van der Waals surface area contributed by atoms with Gasteiger partial charge in [-0.05, 0) is 49.4 Å². The molecule has 1 saturated heterocycles. The van der Waals surface area contributed by atoms with Crippen molar-refractivity contribution in [2.75, 3.05) is 19.6 Å². The lowest BCUT2D eigenvalue weighted by atomic mass is 10.1. The van der Waals surface area contributed by atoms with Gasteiger partial charge >= 0.3 is 0 Å². The van der Waals surface area contributed by atoms with Crippen LogP contribution in [-0.4, -0.2) is 35.7 Å². The van der Waals surface area contributed by atoms with Crippen LogP contribution in [0, 0.1) is 5.92 Å². The molecule has 1 saturated carbocycles. The molecule has 19 heavy (non-hydrogen) atoms. The summed E-state index contributed by atoms with van der Waals surface area (Å²) in [6.07, 6.45) is 4.21. The maximum Gasteiger partial charge on any atom is 0.0681 e. The Hall–Kier alpha value is -0.900. The predicted molar refractivity (Wildman–Crippen MR) is 76.8 cm³/mol. The van der Waals surface area contributed by atoms with Gasteiger partial charge in [-0.2, -0.15) is 0 Å². The van der Waals surface area contributed by atoms with Crippen molar-refractivity contribution in [2.24, 2.45) is 5.92 Å². The summed E-state index contributed by atoms with van der Waals surface area (Å²) < 4.78 is 0. The van der Waals surface area contributed by atoms with E-state index in [4.69, 9.17) is 5.11 Å². The number of aliphatic hydroxyl groups is 1. The first-order valence-corrected chi connectivity index (χ1v) is 7.48. The Morgan fingerprint density at radius 2 is 1.84 bits per heavy atom. The lowest BCUT2D eigenvalue weighted by molar-refractivity contribution is 0.282. The highest BCUT2D eigenvalue weighted by Gasteiger charge is 2.33. The lowest BCUT2D eigenvalue weighted by Crippen LogP contribution is -2.27. The van der Waals surface area contributed by atoms with Crippen LogP contribution in [0.1, 0.15) is 30.4 Å². The van der Waals surface area contributed by atoms with Gasteiger partial charge in [-0.15, -0.1) is 0 Å². The van der Waals surface area contributed by atoms with E-state index >= 15 is 0 Å². The van der Waals surface area contributed by atoms with Crippen molar-refractivity contribution in [3.63, 3.8) is 0 Å². The molecule has 1 atom stereocenters. The Morgan fingerprint density at radius 1 is 1.11 bits per heavy atom. The van der Waals surface area contributed by atoms with E-state index in [2.05, 4.69) is 22.3 Å². The molecular formula is C16H24N2O. The third kappa shape index (κ3) is 3.56. The van der Waals surface area contributed by atoms with Crippen LogP contribution in [0.5, 0.6) is 0 Å². The summed E-state index contributed by atoms with van der Waals surface area (Å²) in [4.78, 5) is 2.67. The molecule has 3 heteroatoms. The molecule has 0 spiro atoms. The molecule has 3 nitrogen and oxygen atoms in total. The number of hydrogen-bond acceptors (Lipinski definition) is 3. The molecule has 1 aromatic carbocycles. The lowest BCUT2D eigenvalue weighted by Gasteiger charge is -2.15. The van der Waals surface area contributed by atoms with Crippen molar-refractivity contribution in [1.29, 1.82) is 0 Å². The summed E-state index contributed by atoms with van der Waals surface area (Å²) in [5, 5.41) is 12.6. The van der Waals surface area contributed by atoms with Crippen molar-refractivity contribution in [1.82, 2.24) is 10.2 Å². The highest BCUT2D eigenvalue weighted by Crippen LogP contribution is 2.31. The minimum Gasteiger partial charge on any atom is -0.392 e. The van der Waals surface area contributed by atoms with Gasteiger partial charge in [-0.3, -0.25) is 0 Å². The molecular weight excluding hydrogens is 236 g/mol. The summed E-state index contributed by atoms with van der Waals surface area (Å²) >= 11 is 0. The van der Waals surface area contributed by atoms with Crippen LogP contribution in [0.25, 0.3) is 0 Å². The zero-order valence-electron chi connectivity index (χ0n) is 11.5. The van der Waals surface area contributed by atoms with E-state index in [0.29, 0.717) is 0 Å². The molecule has 0 aromatic heterocycles. The van der Waals surface area contributed by atoms with Gasteiger partial charge in [-0.1, -0.05) is 24.3 Å². The fourth-order valence-electron chi connectivity index (χ4n) is 2.98. The van der Waals surface area contributed by atoms with E-state index < -0.39 is 0 Å². The monoisotopic (exact) mass is 260 g/mol. The molecule has 1 aliphatic heterocycles. The summed E-state index contributed by atoms with van der Waals surface area (Å²) in [6, 6.07) is 9.13. The van der Waals surface area contributed by atoms with Crippen LogP contribution in [0.4, 0.5) is 0 Å². The first-order valence-electron chi connectivity index (χ1n) is 7.48. The second kappa shape index (κ2) is 6.04. The van der Waals surface area contributed by atoms with Crippen molar-refractivity contribution >= 4 is 0 Å². The van der Waals surface area contributed by atoms with Gasteiger partial charge in [0.15, 0.2) is 0 Å². The fraction of sp³-hybridized carbons (Fsp3) is 0.625. The number of nitrogens with one attached hydrogen (secondary N) is 1. The number of aliphatic hydroxyl groups excluding tert-OH is 1. The van der Waals surface area contributed by atoms with Crippen LogP contribution in [0.3, 0.4) is 0 Å². The van der Waals surface area contributed by atoms with Gasteiger partial charge in [0.2, 0.25) is 0 Å². The van der Waals surface area contributed by atoms with Gasteiger partial charge in [0, 0.05) is 19.1 Å². The van der Waals surface area contributed by atoms with E-state index in [1.807, 2.05) is 12.1 Å². The third-order valence-electron chi connectivity index (χ3n) is 4.35. The standard InChI is InChI=1S/C16H24N2O/c19-12-14-3-1-13(2-4-14)9-17-10-15-7-8-18(11-15)16-5-6-16/h1-4,15-17,19H,5-12H2. The molecule has 2 N–H and O–H groups in total. The zero-order chi connectivity index (χ0) is 13.1. The molecule has 1 aromatic rings. The Labute approximate surface area is 115 Å². The number of likely N-dealkylation sites (tertiary alicyclic amines) is 1. The number of rotatable bonds is 6. The molecule has 1 unspecified atom stereocenters. The first-order chi connectivity index (χ1) is 9.35. The quantitative estimate of drug-likeness (QED) is 0.818. The largest absolute Gasteiger partial charge is 0.392 e. The molecule has 2 aliphatic rings. The van der Waals surface area contributed by atoms with Gasteiger partial charge in [0.1, 0.15) is 0 Å². The molecule has 3 rings (SSSR count). The second-order valence-electron chi connectivity index (χ2n) is 5.99. The van der Waals surface area contributed by atoms with Gasteiger partial charge in [0.05, 0.1) is 6.61 Å². The highest BCUT2D eigenvalue weighted by atomic mass is 16.3. The molecule has 104 valence electrons. The average molecular weight is 260 g/mol. The maximum atomic E-state index is 9.00. The molecule has 1 heterocycles. The number of hydrogen-bond donors (Lipinski definition) is 2. The molecule has 1 aliphatic carbocycles. The van der Waals surface area contributed by atoms with Crippen LogP contribution < -0.4 is 5.32 Å². The molecule has 0 radical (unpaired) electrons. The van der Waals surface area contributed by atoms with E-state index in [1.165, 1.54) is 37.9 Å². The SMILES string of the molecule is OCc1ccc(CNCC2CCN(C3CC3)C2)cc1. The van der Waals surface area contributed by atoms with Gasteiger partial charge in [0.25, 0.3) is 0 Å². The fourth-order valence-corrected chi connectivity index (χ4v) is 2.98. The topological polar surface area (TPSA) is 35.5 Å². The number of benzene rings is 1. The Morgan fingerprint density at radius 3 is 2.53 bits per heavy atom. The molecule has 0 amide bonds. The van der Waals surface area contributed by atoms with Crippen molar-refractivity contribution in [3.05, 3.63) is 35.4 Å². The maximum absolute atomic E-state index is 9.00. The van der Waals surface area contributed by atoms with Crippen molar-refractivity contribution in [3.8, 4) is 0 Å². The average Bonchev–Trinajstić information content (AvgIpc) is 3.20. The van der Waals surface area contributed by atoms with E-state index in [1.54, 1.807) is 0 Å². The Balaban J connectivity index is 1.38. The summed E-state index contributed by atoms with van der Waals surface area (Å²) in [5.74, 6) is 0.831. The van der Waals surface area contributed by atoms with Gasteiger partial charge < -0.3 is 15.3 Å². The van der Waals surface area contributed by atoms with Crippen molar-refractivity contribution < 1.29 is 5.11 Å². The Kier molecular flexibility index (Phi) is 4.16. The van der Waals surface area contributed by atoms with Crippen LogP contribution >= 0.6 is 0 Å². The molecule has 2 fully saturated rings. The minimum absolute atomic E-state index is 0.132. The van der Waals surface area contributed by atoms with E-state index in [0.717, 1.165) is 30.6 Å². The highest BCUT2D eigenvalue weighted by molar-refractivity contribution is 5.21. The van der Waals surface area contributed by atoms with E-state index in [9.17, 15) is 0 Å². The van der Waals surface area contributed by atoms with Gasteiger partial charge in [-0.25, -0.2) is 0 Å². The van der Waals surface area contributed by atoms with E-state index in [-0.39, 0.29) is 6.61 Å². The zero-order valence-corrected chi connectivity index (χ0v) is 11.5.